The van der Waals surface area contributed by atoms with Crippen molar-refractivity contribution in [3.05, 3.63) is 108 Å². The number of carbonyl (C=O) groups is 2. The summed E-state index contributed by atoms with van der Waals surface area (Å²) in [6.07, 6.45) is 4.03. The van der Waals surface area contributed by atoms with Crippen molar-refractivity contribution in [3.8, 4) is 17.1 Å². The van der Waals surface area contributed by atoms with Gasteiger partial charge in [0.15, 0.2) is 17.3 Å². The molecule has 1 aliphatic carbocycles. The highest BCUT2D eigenvalue weighted by molar-refractivity contribution is 6.03. The maximum atomic E-state index is 13.7. The fourth-order valence-electron chi connectivity index (χ4n) is 4.07. The summed E-state index contributed by atoms with van der Waals surface area (Å²) in [4.78, 5) is 28.1. The Bertz CT molecular complexity index is 1590. The van der Waals surface area contributed by atoms with Crippen molar-refractivity contribution >= 4 is 17.6 Å². The number of nitrogens with two attached hydrogens (primary N) is 1. The number of primary amides is 1. The van der Waals surface area contributed by atoms with Gasteiger partial charge in [0.25, 0.3) is 5.91 Å². The van der Waals surface area contributed by atoms with E-state index in [9.17, 15) is 22.8 Å². The first-order valence-corrected chi connectivity index (χ1v) is 11.7. The summed E-state index contributed by atoms with van der Waals surface area (Å²) in [6.45, 7) is 0. The number of hydrogen-bond donors (Lipinski definition) is 2. The van der Waals surface area contributed by atoms with Crippen LogP contribution in [0.25, 0.3) is 17.1 Å². The topological polar surface area (TPSA) is 129 Å². The minimum Gasteiger partial charge on any atom is -0.366 e. The van der Waals surface area contributed by atoms with Gasteiger partial charge < -0.3 is 11.1 Å². The molecule has 39 heavy (non-hydrogen) atoms. The number of alkyl halides is 3. The van der Waals surface area contributed by atoms with Gasteiger partial charge in [-0.1, -0.05) is 30.4 Å². The number of allylic oxidation sites excluding steroid dienone is 2. The highest BCUT2D eigenvalue weighted by Gasteiger charge is 2.37. The molecule has 9 nitrogen and oxygen atoms in total. The summed E-state index contributed by atoms with van der Waals surface area (Å²) >= 11 is 0. The Kier molecular flexibility index (Phi) is 6.75. The second-order valence-electron chi connectivity index (χ2n) is 8.65. The van der Waals surface area contributed by atoms with Crippen LogP contribution in [0.4, 0.5) is 19.0 Å². The number of carbonyl (C=O) groups excluding carboxylic acids is 2. The van der Waals surface area contributed by atoms with Crippen molar-refractivity contribution in [3.63, 3.8) is 0 Å². The SMILES string of the molecule is NC(=O)C1=CCC(c2cccc(C(=O)Nc3ccc(-n4nc(-c5cccnc5)cc4C(F)(F)F)nn3)c2)C=C1. The molecule has 0 aliphatic heterocycles. The normalized spacial score (nSPS) is 15.1. The van der Waals surface area contributed by atoms with Gasteiger partial charge in [0.1, 0.15) is 0 Å². The van der Waals surface area contributed by atoms with Crippen LogP contribution in [-0.4, -0.2) is 36.8 Å². The largest absolute Gasteiger partial charge is 0.433 e. The Morgan fingerprint density at radius 3 is 2.54 bits per heavy atom. The summed E-state index contributed by atoms with van der Waals surface area (Å²) in [7, 11) is 0. The van der Waals surface area contributed by atoms with E-state index in [-0.39, 0.29) is 23.2 Å². The molecule has 196 valence electrons. The molecule has 1 aromatic carbocycles. The second kappa shape index (κ2) is 10.3. The molecule has 0 radical (unpaired) electrons. The fourth-order valence-corrected chi connectivity index (χ4v) is 4.07. The second-order valence-corrected chi connectivity index (χ2v) is 8.65. The van der Waals surface area contributed by atoms with Crippen molar-refractivity contribution in [1.29, 1.82) is 0 Å². The Morgan fingerprint density at radius 2 is 1.90 bits per heavy atom. The first-order valence-electron chi connectivity index (χ1n) is 11.7. The van der Waals surface area contributed by atoms with Crippen LogP contribution in [-0.2, 0) is 11.0 Å². The number of nitrogens with one attached hydrogen (secondary N) is 1. The molecule has 3 N–H and O–H groups in total. The molecule has 0 saturated carbocycles. The molecule has 2 amide bonds. The van der Waals surface area contributed by atoms with Crippen molar-refractivity contribution in [2.45, 2.75) is 18.5 Å². The maximum absolute atomic E-state index is 13.7. The summed E-state index contributed by atoms with van der Waals surface area (Å²) in [5.41, 5.74) is 6.41. The number of amides is 2. The van der Waals surface area contributed by atoms with Crippen LogP contribution in [0.5, 0.6) is 0 Å². The smallest absolute Gasteiger partial charge is 0.366 e. The molecule has 12 heteroatoms. The summed E-state index contributed by atoms with van der Waals surface area (Å²) < 4.78 is 41.8. The van der Waals surface area contributed by atoms with Crippen LogP contribution in [0.2, 0.25) is 0 Å². The van der Waals surface area contributed by atoms with Gasteiger partial charge in [0.2, 0.25) is 5.91 Å². The fraction of sp³-hybridized carbons (Fsp3) is 0.111. The van der Waals surface area contributed by atoms with Crippen molar-refractivity contribution < 1.29 is 22.8 Å². The Labute approximate surface area is 219 Å². The number of pyridine rings is 1. The van der Waals surface area contributed by atoms with E-state index in [0.29, 0.717) is 27.8 Å². The average Bonchev–Trinajstić information content (AvgIpc) is 3.41. The number of benzene rings is 1. The van der Waals surface area contributed by atoms with E-state index in [1.807, 2.05) is 12.1 Å². The number of anilines is 1. The van der Waals surface area contributed by atoms with Crippen LogP contribution in [0.3, 0.4) is 0 Å². The van der Waals surface area contributed by atoms with Crippen LogP contribution < -0.4 is 11.1 Å². The standard InChI is InChI=1S/C27H20F3N7O2/c28-27(29,30)22-14-21(20-5-2-12-32-15-20)36-37(22)24-11-10-23(34-35-24)33-26(39)19-4-1-3-18(13-19)16-6-8-17(9-7-16)25(31)38/h1-6,8-16H,7H2,(H2,31,38)(H,33,34,39). The molecule has 0 saturated heterocycles. The van der Waals surface area contributed by atoms with Gasteiger partial charge in [0.05, 0.1) is 5.69 Å². The molecule has 1 atom stereocenters. The van der Waals surface area contributed by atoms with Crippen molar-refractivity contribution in [2.24, 2.45) is 5.73 Å². The predicted molar refractivity (Wildman–Crippen MR) is 136 cm³/mol. The Balaban J connectivity index is 1.33. The van der Waals surface area contributed by atoms with Gasteiger partial charge in [0, 0.05) is 35.0 Å². The molecule has 0 spiro atoms. The van der Waals surface area contributed by atoms with Crippen molar-refractivity contribution in [2.75, 3.05) is 5.32 Å². The Hall–Kier alpha value is -5.13. The number of hydrogen-bond acceptors (Lipinski definition) is 6. The van der Waals surface area contributed by atoms with E-state index < -0.39 is 23.7 Å². The molecule has 1 aliphatic rings. The number of rotatable bonds is 6. The minimum absolute atomic E-state index is 0.0339. The van der Waals surface area contributed by atoms with Crippen molar-refractivity contribution in [1.82, 2.24) is 25.0 Å². The van der Waals surface area contributed by atoms with Gasteiger partial charge in [-0.25, -0.2) is 4.68 Å². The molecule has 3 aromatic heterocycles. The number of aromatic nitrogens is 5. The third-order valence-electron chi connectivity index (χ3n) is 6.03. The van der Waals surface area contributed by atoms with E-state index in [1.54, 1.807) is 42.5 Å². The first kappa shape index (κ1) is 25.5. The van der Waals surface area contributed by atoms with Crippen LogP contribution in [0.1, 0.15) is 34.0 Å². The van der Waals surface area contributed by atoms with E-state index in [4.69, 9.17) is 5.73 Å². The lowest BCUT2D eigenvalue weighted by atomic mass is 9.89. The molecule has 4 aromatic rings. The van der Waals surface area contributed by atoms with Gasteiger partial charge in [-0.2, -0.15) is 18.3 Å². The van der Waals surface area contributed by atoms with E-state index >= 15 is 0 Å². The van der Waals surface area contributed by atoms with Gasteiger partial charge in [-0.3, -0.25) is 14.6 Å². The van der Waals surface area contributed by atoms with Crippen LogP contribution in [0, 0.1) is 0 Å². The molecule has 0 bridgehead atoms. The highest BCUT2D eigenvalue weighted by Crippen LogP contribution is 2.33. The third-order valence-corrected chi connectivity index (χ3v) is 6.03. The molecular formula is C27H20F3N7O2. The molecule has 0 fully saturated rings. The zero-order valence-corrected chi connectivity index (χ0v) is 20.1. The lowest BCUT2D eigenvalue weighted by Gasteiger charge is -2.16. The molecule has 1 unspecified atom stereocenters. The zero-order valence-electron chi connectivity index (χ0n) is 20.1. The quantitative estimate of drug-likeness (QED) is 0.378. The van der Waals surface area contributed by atoms with E-state index in [2.05, 4.69) is 25.6 Å². The van der Waals surface area contributed by atoms with Crippen LogP contribution in [0.15, 0.2) is 90.8 Å². The minimum atomic E-state index is -4.70. The van der Waals surface area contributed by atoms with Gasteiger partial charge in [-0.15, -0.1) is 10.2 Å². The van der Waals surface area contributed by atoms with E-state index in [0.717, 1.165) is 11.6 Å². The maximum Gasteiger partial charge on any atom is 0.433 e. The lowest BCUT2D eigenvalue weighted by molar-refractivity contribution is -0.142. The van der Waals surface area contributed by atoms with Gasteiger partial charge >= 0.3 is 6.18 Å². The monoisotopic (exact) mass is 531 g/mol. The molecular weight excluding hydrogens is 511 g/mol. The molecule has 3 heterocycles. The molecule has 5 rings (SSSR count). The van der Waals surface area contributed by atoms with Gasteiger partial charge in [-0.05, 0) is 54.4 Å². The van der Waals surface area contributed by atoms with E-state index in [1.165, 1.54) is 24.5 Å². The highest BCUT2D eigenvalue weighted by atomic mass is 19.4. The number of nitrogens with zero attached hydrogens (tertiary/aromatic N) is 5. The Morgan fingerprint density at radius 1 is 1.05 bits per heavy atom. The third kappa shape index (κ3) is 5.59. The first-order chi connectivity index (χ1) is 18.7. The zero-order chi connectivity index (χ0) is 27.6. The predicted octanol–water partition coefficient (Wildman–Crippen LogP) is 4.45. The number of halogens is 3. The summed E-state index contributed by atoms with van der Waals surface area (Å²) in [6, 6.07) is 13.7. The summed E-state index contributed by atoms with van der Waals surface area (Å²) in [5.74, 6) is -1.13. The lowest BCUT2D eigenvalue weighted by Crippen LogP contribution is -2.17. The summed E-state index contributed by atoms with van der Waals surface area (Å²) in [5, 5.41) is 14.4. The van der Waals surface area contributed by atoms with Crippen LogP contribution >= 0.6 is 0 Å². The average molecular weight is 531 g/mol.